The largest absolute Gasteiger partial charge is 0.493 e. The van der Waals surface area contributed by atoms with E-state index in [2.05, 4.69) is 5.32 Å². The Kier molecular flexibility index (Phi) is 3.28. The number of benzene rings is 1. The van der Waals surface area contributed by atoms with E-state index in [1.54, 1.807) is 0 Å². The minimum atomic E-state index is -0.205. The summed E-state index contributed by atoms with van der Waals surface area (Å²) in [5, 5.41) is 3.12. The predicted octanol–water partition coefficient (Wildman–Crippen LogP) is 1.64. The molecule has 116 valence electrons. The molecule has 5 heteroatoms. The molecule has 1 aromatic carbocycles. The van der Waals surface area contributed by atoms with Gasteiger partial charge in [0.2, 0.25) is 11.8 Å². The zero-order valence-electron chi connectivity index (χ0n) is 12.5. The van der Waals surface area contributed by atoms with Crippen LogP contribution in [-0.2, 0) is 9.59 Å². The van der Waals surface area contributed by atoms with E-state index in [4.69, 9.17) is 4.74 Å². The van der Waals surface area contributed by atoms with Gasteiger partial charge in [0.05, 0.1) is 18.6 Å². The van der Waals surface area contributed by atoms with Gasteiger partial charge in [0.25, 0.3) is 0 Å². The number of hydrogen-bond donors (Lipinski definition) is 1. The molecule has 2 fully saturated rings. The van der Waals surface area contributed by atoms with Crippen LogP contribution in [0.4, 0.5) is 0 Å². The van der Waals surface area contributed by atoms with Gasteiger partial charge in [-0.2, -0.15) is 0 Å². The first-order chi connectivity index (χ1) is 10.7. The highest BCUT2D eigenvalue weighted by molar-refractivity contribution is 5.89. The molecule has 5 nitrogen and oxygen atoms in total. The van der Waals surface area contributed by atoms with Crippen molar-refractivity contribution < 1.29 is 14.3 Å². The molecule has 2 amide bonds. The van der Waals surface area contributed by atoms with Gasteiger partial charge >= 0.3 is 0 Å². The van der Waals surface area contributed by atoms with Crippen LogP contribution in [0.2, 0.25) is 0 Å². The first-order valence-corrected chi connectivity index (χ1v) is 8.04. The van der Waals surface area contributed by atoms with Crippen molar-refractivity contribution in [1.82, 2.24) is 10.2 Å². The molecule has 1 aromatic rings. The van der Waals surface area contributed by atoms with Crippen LogP contribution in [-0.4, -0.2) is 35.9 Å². The summed E-state index contributed by atoms with van der Waals surface area (Å²) >= 11 is 0. The fourth-order valence-corrected chi connectivity index (χ4v) is 3.43. The number of para-hydroxylation sites is 1. The van der Waals surface area contributed by atoms with Crippen molar-refractivity contribution in [3.8, 4) is 5.75 Å². The van der Waals surface area contributed by atoms with Crippen molar-refractivity contribution in [3.63, 3.8) is 0 Å². The fourth-order valence-electron chi connectivity index (χ4n) is 3.43. The topological polar surface area (TPSA) is 58.6 Å². The number of ether oxygens (including phenoxy) is 1. The van der Waals surface area contributed by atoms with E-state index >= 15 is 0 Å². The smallest absolute Gasteiger partial charge is 0.225 e. The van der Waals surface area contributed by atoms with Gasteiger partial charge in [0.1, 0.15) is 5.75 Å². The number of fused-ring (bicyclic) bond motifs is 1. The highest BCUT2D eigenvalue weighted by Gasteiger charge is 2.42. The number of carbonyl (C=O) groups is 2. The third kappa shape index (κ3) is 2.45. The Balaban J connectivity index is 1.44. The third-order valence-electron chi connectivity index (χ3n) is 4.79. The van der Waals surface area contributed by atoms with Crippen molar-refractivity contribution in [3.05, 3.63) is 29.8 Å². The molecule has 1 N–H and O–H groups in total. The summed E-state index contributed by atoms with van der Waals surface area (Å²) in [5.41, 5.74) is 1.03. The van der Waals surface area contributed by atoms with Crippen LogP contribution in [0.5, 0.6) is 5.75 Å². The zero-order valence-corrected chi connectivity index (χ0v) is 12.5. The van der Waals surface area contributed by atoms with Crippen LogP contribution in [0.3, 0.4) is 0 Å². The van der Waals surface area contributed by atoms with Crippen molar-refractivity contribution in [1.29, 1.82) is 0 Å². The molecule has 2 heterocycles. The number of nitrogens with zero attached hydrogens (tertiary/aromatic N) is 1. The Bertz CT molecular complexity index is 612. The van der Waals surface area contributed by atoms with Crippen molar-refractivity contribution in [2.24, 2.45) is 5.92 Å². The fraction of sp³-hybridized carbons (Fsp3) is 0.529. The SMILES string of the molecule is O=C(N[C@H]1CCOc2ccccc21)[C@@H]1CC(=O)N(C2CC2)C1. The molecule has 3 aliphatic rings. The van der Waals surface area contributed by atoms with Gasteiger partial charge in [-0.05, 0) is 18.9 Å². The van der Waals surface area contributed by atoms with E-state index in [0.29, 0.717) is 25.6 Å². The van der Waals surface area contributed by atoms with Crippen LogP contribution in [0.25, 0.3) is 0 Å². The summed E-state index contributed by atoms with van der Waals surface area (Å²) in [6.45, 7) is 1.19. The molecule has 0 aromatic heterocycles. The van der Waals surface area contributed by atoms with Gasteiger partial charge in [0.15, 0.2) is 0 Å². The number of nitrogens with one attached hydrogen (secondary N) is 1. The Hall–Kier alpha value is -2.04. The summed E-state index contributed by atoms with van der Waals surface area (Å²) in [4.78, 5) is 26.4. The second-order valence-corrected chi connectivity index (χ2v) is 6.41. The normalized spacial score (nSPS) is 27.3. The predicted molar refractivity (Wildman–Crippen MR) is 80.3 cm³/mol. The molecule has 0 bridgehead atoms. The quantitative estimate of drug-likeness (QED) is 0.923. The van der Waals surface area contributed by atoms with Crippen LogP contribution < -0.4 is 10.1 Å². The van der Waals surface area contributed by atoms with Crippen LogP contribution in [0, 0.1) is 5.92 Å². The highest BCUT2D eigenvalue weighted by Crippen LogP contribution is 2.34. The Morgan fingerprint density at radius 2 is 2.05 bits per heavy atom. The molecule has 2 atom stereocenters. The molecule has 4 rings (SSSR count). The van der Waals surface area contributed by atoms with E-state index in [9.17, 15) is 9.59 Å². The van der Waals surface area contributed by atoms with Gasteiger partial charge in [0, 0.05) is 31.0 Å². The first-order valence-electron chi connectivity index (χ1n) is 8.04. The van der Waals surface area contributed by atoms with Crippen molar-refractivity contribution in [2.75, 3.05) is 13.2 Å². The molecular weight excluding hydrogens is 280 g/mol. The van der Waals surface area contributed by atoms with Crippen molar-refractivity contribution in [2.45, 2.75) is 37.8 Å². The lowest BCUT2D eigenvalue weighted by atomic mass is 9.99. The lowest BCUT2D eigenvalue weighted by molar-refractivity contribution is -0.129. The van der Waals surface area contributed by atoms with Crippen LogP contribution in [0.1, 0.15) is 37.3 Å². The number of rotatable bonds is 3. The van der Waals surface area contributed by atoms with Gasteiger partial charge in [-0.25, -0.2) is 0 Å². The lowest BCUT2D eigenvalue weighted by Crippen LogP contribution is -2.37. The summed E-state index contributed by atoms with van der Waals surface area (Å²) in [7, 11) is 0. The molecule has 1 saturated heterocycles. The van der Waals surface area contributed by atoms with Gasteiger partial charge in [-0.15, -0.1) is 0 Å². The molecular formula is C17H20N2O3. The molecule has 0 radical (unpaired) electrons. The molecule has 0 unspecified atom stereocenters. The molecule has 0 spiro atoms. The van der Waals surface area contributed by atoms with Gasteiger partial charge in [-0.1, -0.05) is 18.2 Å². The van der Waals surface area contributed by atoms with E-state index in [1.807, 2.05) is 29.2 Å². The van der Waals surface area contributed by atoms with Gasteiger partial charge < -0.3 is 15.0 Å². The van der Waals surface area contributed by atoms with Gasteiger partial charge in [-0.3, -0.25) is 9.59 Å². The summed E-state index contributed by atoms with van der Waals surface area (Å²) in [6, 6.07) is 8.21. The van der Waals surface area contributed by atoms with E-state index in [-0.39, 0.29) is 23.8 Å². The molecule has 1 saturated carbocycles. The van der Waals surface area contributed by atoms with Crippen molar-refractivity contribution >= 4 is 11.8 Å². The maximum Gasteiger partial charge on any atom is 0.225 e. The lowest BCUT2D eigenvalue weighted by Gasteiger charge is -2.27. The second-order valence-electron chi connectivity index (χ2n) is 6.41. The van der Waals surface area contributed by atoms with Crippen LogP contribution >= 0.6 is 0 Å². The highest BCUT2D eigenvalue weighted by atomic mass is 16.5. The Morgan fingerprint density at radius 1 is 1.23 bits per heavy atom. The standard InChI is InChI=1S/C17H20N2O3/c20-16-9-11(10-19(16)12-5-6-12)17(21)18-14-7-8-22-15-4-2-1-3-13(14)15/h1-4,11-12,14H,5-10H2,(H,18,21)/t11-,14+/m1/s1. The number of likely N-dealkylation sites (tertiary alicyclic amines) is 1. The monoisotopic (exact) mass is 300 g/mol. The first kappa shape index (κ1) is 13.6. The Labute approximate surface area is 129 Å². The maximum atomic E-state index is 12.5. The summed E-state index contributed by atoms with van der Waals surface area (Å²) in [5.74, 6) is 0.775. The molecule has 1 aliphatic carbocycles. The summed E-state index contributed by atoms with van der Waals surface area (Å²) < 4.78 is 5.62. The maximum absolute atomic E-state index is 12.5. The summed E-state index contributed by atoms with van der Waals surface area (Å²) in [6.07, 6.45) is 3.31. The molecule has 2 aliphatic heterocycles. The minimum Gasteiger partial charge on any atom is -0.493 e. The Morgan fingerprint density at radius 3 is 2.86 bits per heavy atom. The zero-order chi connectivity index (χ0) is 15.1. The number of hydrogen-bond acceptors (Lipinski definition) is 3. The van der Waals surface area contributed by atoms with E-state index in [0.717, 1.165) is 30.6 Å². The minimum absolute atomic E-state index is 0.00166. The van der Waals surface area contributed by atoms with Crippen LogP contribution in [0.15, 0.2) is 24.3 Å². The molecule has 22 heavy (non-hydrogen) atoms. The van der Waals surface area contributed by atoms with E-state index in [1.165, 1.54) is 0 Å². The van der Waals surface area contributed by atoms with E-state index < -0.39 is 0 Å². The second kappa shape index (κ2) is 5.30. The average molecular weight is 300 g/mol. The third-order valence-corrected chi connectivity index (χ3v) is 4.79. The average Bonchev–Trinajstić information content (AvgIpc) is 3.30. The number of amides is 2. The number of carbonyl (C=O) groups excluding carboxylic acids is 2.